The zero-order valence-corrected chi connectivity index (χ0v) is 37.4. The molecule has 0 aromatic heterocycles. The van der Waals surface area contributed by atoms with Crippen molar-refractivity contribution in [3.63, 3.8) is 0 Å². The van der Waals surface area contributed by atoms with Gasteiger partial charge in [-0.2, -0.15) is 0 Å². The number of benzene rings is 6. The van der Waals surface area contributed by atoms with Gasteiger partial charge in [-0.05, 0) is 165 Å². The number of fused-ring (bicyclic) bond motifs is 8. The number of hydrogen-bond acceptors (Lipinski definition) is 6. The van der Waals surface area contributed by atoms with Crippen LogP contribution >= 0.6 is 0 Å². The molecule has 6 aromatic carbocycles. The second-order valence-electron chi connectivity index (χ2n) is 21.6. The molecule has 0 saturated carbocycles. The van der Waals surface area contributed by atoms with E-state index in [1.54, 1.807) is 0 Å². The highest BCUT2D eigenvalue weighted by Gasteiger charge is 2.57. The van der Waals surface area contributed by atoms with Gasteiger partial charge in [0.2, 0.25) is 0 Å². The van der Waals surface area contributed by atoms with Gasteiger partial charge in [-0.15, -0.1) is 0 Å². The summed E-state index contributed by atoms with van der Waals surface area (Å²) in [6.07, 6.45) is 11.7. The summed E-state index contributed by atoms with van der Waals surface area (Å²) in [5.41, 5.74) is 17.9. The Labute approximate surface area is 381 Å². The fraction of sp³-hybridized carbons (Fsp3) is 0.458. The first-order chi connectivity index (χ1) is 32.0. The normalized spacial score (nSPS) is 29.7. The third kappa shape index (κ3) is 5.80. The summed E-state index contributed by atoms with van der Waals surface area (Å²) >= 11 is 0. The highest BCUT2D eigenvalue weighted by Crippen LogP contribution is 2.53. The SMILES string of the molecule is c1ccc2cc3c(cc2c1)CC1Cc2cc4c(cc2CC(C3)C12OCCO2)CC1Cc2cc3c(cc2CC(C4)C12OCCO2)CC1Cc2cc4ccccc4cc2CC(C3)C12OCCO2. The van der Waals surface area contributed by atoms with Crippen molar-refractivity contribution in [3.05, 3.63) is 164 Å². The van der Waals surface area contributed by atoms with E-state index in [-0.39, 0.29) is 35.5 Å². The summed E-state index contributed by atoms with van der Waals surface area (Å²) in [6, 6.07) is 38.1. The lowest BCUT2D eigenvalue weighted by Crippen LogP contribution is -2.47. The van der Waals surface area contributed by atoms with Crippen molar-refractivity contribution in [3.8, 4) is 0 Å². The van der Waals surface area contributed by atoms with Gasteiger partial charge in [0.15, 0.2) is 17.4 Å². The van der Waals surface area contributed by atoms with E-state index in [1.807, 2.05) is 0 Å². The lowest BCUT2D eigenvalue weighted by Gasteiger charge is -2.39. The molecule has 65 heavy (non-hydrogen) atoms. The summed E-state index contributed by atoms with van der Waals surface area (Å²) in [5, 5.41) is 5.32. The van der Waals surface area contributed by atoms with E-state index in [4.69, 9.17) is 28.4 Å². The van der Waals surface area contributed by atoms with Gasteiger partial charge < -0.3 is 28.4 Å². The summed E-state index contributed by atoms with van der Waals surface area (Å²) in [5.74, 6) is -0.165. The molecule has 0 N–H and O–H groups in total. The molecule has 3 spiro atoms. The van der Waals surface area contributed by atoms with Crippen molar-refractivity contribution < 1.29 is 28.4 Å². The zero-order valence-electron chi connectivity index (χ0n) is 37.4. The standard InChI is InChI=1S/C59H58O6/c1-2-6-36-16-40-24-52-28-44-20-48-32-56-34-50-22-46-30-54-26-42-18-38-8-4-3-7-37(38)17-41(42)25-53(58(54)62-11-12-63-58)29-45(46)21-49(50)33-55(59(56)64-13-14-65-59)31-47(48)19-43(44)27-51(57(52)60-9-10-61-57)23-39(40)15-35(36)5-1/h1-8,15-22,51-56H,9-14,23-34H2. The topological polar surface area (TPSA) is 55.4 Å². The van der Waals surface area contributed by atoms with Gasteiger partial charge in [-0.3, -0.25) is 0 Å². The van der Waals surface area contributed by atoms with Crippen molar-refractivity contribution in [2.75, 3.05) is 39.6 Å². The van der Waals surface area contributed by atoms with Crippen LogP contribution in [-0.2, 0) is 105 Å². The monoisotopic (exact) mass is 862 g/mol. The zero-order chi connectivity index (χ0) is 42.5. The molecule has 6 heteroatoms. The lowest BCUT2D eigenvalue weighted by atomic mass is 9.82. The summed E-state index contributed by atoms with van der Waals surface area (Å²) in [6.45, 7) is 4.08. The van der Waals surface area contributed by atoms with E-state index in [9.17, 15) is 0 Å². The molecule has 3 heterocycles. The van der Waals surface area contributed by atoms with Crippen molar-refractivity contribution in [1.82, 2.24) is 0 Å². The first kappa shape index (κ1) is 38.7. The van der Waals surface area contributed by atoms with Crippen LogP contribution in [0.4, 0.5) is 0 Å². The predicted molar refractivity (Wildman–Crippen MR) is 250 cm³/mol. The Balaban J connectivity index is 0.792. The molecule has 9 aliphatic rings. The largest absolute Gasteiger partial charge is 0.347 e. The van der Waals surface area contributed by atoms with Crippen molar-refractivity contribution in [1.29, 1.82) is 0 Å². The molecule has 4 atom stereocenters. The van der Waals surface area contributed by atoms with Crippen molar-refractivity contribution in [2.45, 2.75) is 94.4 Å². The fourth-order valence-corrected chi connectivity index (χ4v) is 15.6. The van der Waals surface area contributed by atoms with Crippen LogP contribution in [0, 0.1) is 35.5 Å². The van der Waals surface area contributed by atoms with Gasteiger partial charge in [-0.1, -0.05) is 97.1 Å². The molecule has 6 nitrogen and oxygen atoms in total. The maximum absolute atomic E-state index is 6.99. The molecular weight excluding hydrogens is 805 g/mol. The Morgan fingerprint density at radius 3 is 0.600 bits per heavy atom. The van der Waals surface area contributed by atoms with Crippen LogP contribution in [0.2, 0.25) is 0 Å². The summed E-state index contributed by atoms with van der Waals surface area (Å²) in [7, 11) is 0. The quantitative estimate of drug-likeness (QED) is 0.152. The minimum Gasteiger partial charge on any atom is -0.347 e. The molecule has 4 unspecified atom stereocenters. The van der Waals surface area contributed by atoms with E-state index in [0.717, 1.165) is 77.0 Å². The van der Waals surface area contributed by atoms with Crippen LogP contribution < -0.4 is 0 Å². The second-order valence-corrected chi connectivity index (χ2v) is 21.6. The van der Waals surface area contributed by atoms with E-state index >= 15 is 0 Å². The first-order valence-corrected chi connectivity index (χ1v) is 25.1. The molecule has 6 aromatic rings. The number of hydrogen-bond donors (Lipinski definition) is 0. The molecule has 3 aliphatic heterocycles. The van der Waals surface area contributed by atoms with Gasteiger partial charge in [0.05, 0.1) is 39.6 Å². The van der Waals surface area contributed by atoms with Crippen LogP contribution in [0.25, 0.3) is 21.5 Å². The highest BCUT2D eigenvalue weighted by molar-refractivity contribution is 5.85. The van der Waals surface area contributed by atoms with E-state index in [1.165, 1.54) is 88.3 Å². The van der Waals surface area contributed by atoms with Crippen LogP contribution in [0.5, 0.6) is 0 Å². The Kier molecular flexibility index (Phi) is 8.51. The molecule has 15 rings (SSSR count). The van der Waals surface area contributed by atoms with E-state index < -0.39 is 17.4 Å². The van der Waals surface area contributed by atoms with Crippen LogP contribution in [0.15, 0.2) is 97.1 Å². The van der Waals surface area contributed by atoms with Crippen molar-refractivity contribution >= 4 is 21.5 Å². The molecule has 3 saturated heterocycles. The molecule has 6 aliphatic carbocycles. The molecule has 330 valence electrons. The average molecular weight is 863 g/mol. The third-order valence-electron chi connectivity index (χ3n) is 18.4. The predicted octanol–water partition coefficient (Wildman–Crippen LogP) is 9.61. The lowest BCUT2D eigenvalue weighted by molar-refractivity contribution is -0.227. The Morgan fingerprint density at radius 1 is 0.246 bits per heavy atom. The van der Waals surface area contributed by atoms with Crippen LogP contribution in [0.3, 0.4) is 0 Å². The Morgan fingerprint density at radius 2 is 0.415 bits per heavy atom. The molecule has 0 radical (unpaired) electrons. The van der Waals surface area contributed by atoms with Gasteiger partial charge in [0, 0.05) is 35.5 Å². The smallest absolute Gasteiger partial charge is 0.175 e. The van der Waals surface area contributed by atoms with Gasteiger partial charge >= 0.3 is 0 Å². The van der Waals surface area contributed by atoms with E-state index in [0.29, 0.717) is 39.6 Å². The molecule has 0 amide bonds. The number of ether oxygens (including phenoxy) is 6. The maximum Gasteiger partial charge on any atom is 0.175 e. The second kappa shape index (κ2) is 14.3. The third-order valence-corrected chi connectivity index (χ3v) is 18.4. The summed E-state index contributed by atoms with van der Waals surface area (Å²) < 4.78 is 41.4. The molecular formula is C59H58O6. The summed E-state index contributed by atoms with van der Waals surface area (Å²) in [4.78, 5) is 0. The first-order valence-electron chi connectivity index (χ1n) is 25.1. The fourth-order valence-electron chi connectivity index (χ4n) is 15.6. The highest BCUT2D eigenvalue weighted by atomic mass is 16.7. The van der Waals surface area contributed by atoms with Gasteiger partial charge in [0.25, 0.3) is 0 Å². The Bertz CT molecular complexity index is 2570. The number of rotatable bonds is 0. The van der Waals surface area contributed by atoms with Gasteiger partial charge in [-0.25, -0.2) is 0 Å². The minimum absolute atomic E-state index is 0.232. The maximum atomic E-state index is 6.99. The van der Waals surface area contributed by atoms with Gasteiger partial charge in [0.1, 0.15) is 0 Å². The molecule has 3 fully saturated rings. The Hall–Kier alpha value is -4.40. The molecule has 6 bridgehead atoms. The van der Waals surface area contributed by atoms with E-state index in [2.05, 4.69) is 97.1 Å². The minimum atomic E-state index is -0.576. The van der Waals surface area contributed by atoms with Crippen LogP contribution in [-0.4, -0.2) is 57.0 Å². The van der Waals surface area contributed by atoms with Crippen molar-refractivity contribution in [2.24, 2.45) is 35.5 Å². The van der Waals surface area contributed by atoms with Crippen LogP contribution in [0.1, 0.15) is 66.8 Å². The average Bonchev–Trinajstić information content (AvgIpc) is 4.06.